The van der Waals surface area contributed by atoms with Gasteiger partial charge in [-0.15, -0.1) is 0 Å². The van der Waals surface area contributed by atoms with E-state index in [1.165, 1.54) is 12.8 Å². The van der Waals surface area contributed by atoms with E-state index >= 15 is 0 Å². The molecule has 2 bridgehead atoms. The van der Waals surface area contributed by atoms with E-state index in [1.54, 1.807) is 0 Å². The molecule has 5 unspecified atom stereocenters. The Balaban J connectivity index is 1.51. The molecule has 2 aliphatic carbocycles. The number of fused-ring (bicyclic) bond motifs is 2. The van der Waals surface area contributed by atoms with Crippen molar-refractivity contribution >= 4 is 0 Å². The minimum Gasteiger partial charge on any atom is -0.336 e. The van der Waals surface area contributed by atoms with Gasteiger partial charge in [-0.05, 0) is 44.4 Å². The predicted octanol–water partition coefficient (Wildman–Crippen LogP) is 2.46. The van der Waals surface area contributed by atoms with Crippen molar-refractivity contribution in [1.29, 1.82) is 0 Å². The maximum atomic E-state index is 4.09. The Morgan fingerprint density at radius 2 is 2.22 bits per heavy atom. The second-order valence-electron chi connectivity index (χ2n) is 6.06. The SMILES string of the molecule is CC(Cn1ccnc1)NC(C)C1CC2C=CC1C2. The summed E-state index contributed by atoms with van der Waals surface area (Å²) in [6, 6.07) is 1.11. The largest absolute Gasteiger partial charge is 0.336 e. The monoisotopic (exact) mass is 245 g/mol. The zero-order chi connectivity index (χ0) is 12.5. The van der Waals surface area contributed by atoms with Crippen LogP contribution in [0.15, 0.2) is 30.9 Å². The molecule has 1 fully saturated rings. The van der Waals surface area contributed by atoms with E-state index in [0.717, 1.165) is 24.3 Å². The smallest absolute Gasteiger partial charge is 0.0946 e. The summed E-state index contributed by atoms with van der Waals surface area (Å²) >= 11 is 0. The van der Waals surface area contributed by atoms with Crippen LogP contribution >= 0.6 is 0 Å². The van der Waals surface area contributed by atoms with Gasteiger partial charge in [-0.1, -0.05) is 12.2 Å². The van der Waals surface area contributed by atoms with Gasteiger partial charge < -0.3 is 9.88 Å². The van der Waals surface area contributed by atoms with E-state index in [9.17, 15) is 0 Å². The molecule has 0 saturated heterocycles. The summed E-state index contributed by atoms with van der Waals surface area (Å²) in [5, 5.41) is 3.76. The molecule has 98 valence electrons. The van der Waals surface area contributed by atoms with Crippen molar-refractivity contribution in [3.05, 3.63) is 30.9 Å². The van der Waals surface area contributed by atoms with Crippen LogP contribution < -0.4 is 5.32 Å². The van der Waals surface area contributed by atoms with Gasteiger partial charge in [-0.2, -0.15) is 0 Å². The molecule has 1 N–H and O–H groups in total. The van der Waals surface area contributed by atoms with Crippen LogP contribution in [0.2, 0.25) is 0 Å². The molecular formula is C15H23N3. The number of aromatic nitrogens is 2. The van der Waals surface area contributed by atoms with Gasteiger partial charge in [0.25, 0.3) is 0 Å². The van der Waals surface area contributed by atoms with Crippen LogP contribution in [0.25, 0.3) is 0 Å². The van der Waals surface area contributed by atoms with Crippen LogP contribution in [0.4, 0.5) is 0 Å². The van der Waals surface area contributed by atoms with Crippen molar-refractivity contribution in [2.75, 3.05) is 0 Å². The lowest BCUT2D eigenvalue weighted by atomic mass is 9.87. The first-order valence-corrected chi connectivity index (χ1v) is 7.12. The van der Waals surface area contributed by atoms with Crippen molar-refractivity contribution in [3.8, 4) is 0 Å². The second kappa shape index (κ2) is 4.88. The molecule has 18 heavy (non-hydrogen) atoms. The highest BCUT2D eigenvalue weighted by molar-refractivity contribution is 5.11. The zero-order valence-electron chi connectivity index (χ0n) is 11.3. The maximum absolute atomic E-state index is 4.09. The highest BCUT2D eigenvalue weighted by Crippen LogP contribution is 2.44. The minimum absolute atomic E-state index is 0.498. The molecule has 1 aromatic heterocycles. The number of nitrogens with one attached hydrogen (secondary N) is 1. The predicted molar refractivity (Wildman–Crippen MR) is 73.1 cm³/mol. The Hall–Kier alpha value is -1.09. The summed E-state index contributed by atoms with van der Waals surface area (Å²) < 4.78 is 2.14. The Kier molecular flexibility index (Phi) is 3.25. The number of nitrogens with zero attached hydrogens (tertiary/aromatic N) is 2. The molecule has 3 nitrogen and oxygen atoms in total. The summed E-state index contributed by atoms with van der Waals surface area (Å²) in [6.07, 6.45) is 13.4. The van der Waals surface area contributed by atoms with Gasteiger partial charge in [0, 0.05) is 31.0 Å². The highest BCUT2D eigenvalue weighted by atomic mass is 15.1. The summed E-state index contributed by atoms with van der Waals surface area (Å²) in [4.78, 5) is 4.09. The molecule has 0 spiro atoms. The van der Waals surface area contributed by atoms with Crippen molar-refractivity contribution in [2.24, 2.45) is 17.8 Å². The summed E-state index contributed by atoms with van der Waals surface area (Å²) in [5.74, 6) is 2.54. The normalized spacial score (nSPS) is 32.9. The molecule has 0 amide bonds. The van der Waals surface area contributed by atoms with Gasteiger partial charge in [0.1, 0.15) is 0 Å². The van der Waals surface area contributed by atoms with Crippen LogP contribution in [0, 0.1) is 17.8 Å². The number of allylic oxidation sites excluding steroid dienone is 2. The third-order valence-electron chi connectivity index (χ3n) is 4.56. The molecule has 1 saturated carbocycles. The number of hydrogen-bond donors (Lipinski definition) is 1. The summed E-state index contributed by atoms with van der Waals surface area (Å²) in [5.41, 5.74) is 0. The first-order chi connectivity index (χ1) is 8.72. The van der Waals surface area contributed by atoms with E-state index in [-0.39, 0.29) is 0 Å². The van der Waals surface area contributed by atoms with Crippen LogP contribution in [0.3, 0.4) is 0 Å². The average Bonchev–Trinajstić information content (AvgIpc) is 3.04. The van der Waals surface area contributed by atoms with Gasteiger partial charge in [0.2, 0.25) is 0 Å². The average molecular weight is 245 g/mol. The van der Waals surface area contributed by atoms with Crippen LogP contribution in [-0.2, 0) is 6.54 Å². The second-order valence-corrected chi connectivity index (χ2v) is 6.06. The first-order valence-electron chi connectivity index (χ1n) is 7.12. The Bertz CT molecular complexity index is 409. The fourth-order valence-corrected chi connectivity index (χ4v) is 3.73. The minimum atomic E-state index is 0.498. The quantitative estimate of drug-likeness (QED) is 0.808. The molecule has 3 rings (SSSR count). The third kappa shape index (κ3) is 2.37. The van der Waals surface area contributed by atoms with Crippen LogP contribution in [-0.4, -0.2) is 21.6 Å². The Morgan fingerprint density at radius 3 is 2.83 bits per heavy atom. The maximum Gasteiger partial charge on any atom is 0.0946 e. The standard InChI is InChI=1S/C15H23N3/c1-11(9-18-6-5-16-10-18)17-12(2)15-8-13-3-4-14(15)7-13/h3-6,10-15,17H,7-9H2,1-2H3. The van der Waals surface area contributed by atoms with Gasteiger partial charge in [0.05, 0.1) is 6.33 Å². The lowest BCUT2D eigenvalue weighted by Gasteiger charge is -2.29. The van der Waals surface area contributed by atoms with Crippen LogP contribution in [0.5, 0.6) is 0 Å². The van der Waals surface area contributed by atoms with Crippen molar-refractivity contribution in [2.45, 2.75) is 45.3 Å². The lowest BCUT2D eigenvalue weighted by Crippen LogP contribution is -2.42. The van der Waals surface area contributed by atoms with E-state index in [0.29, 0.717) is 12.1 Å². The molecule has 3 heteroatoms. The first kappa shape index (κ1) is 12.0. The fourth-order valence-electron chi connectivity index (χ4n) is 3.73. The molecule has 0 aromatic carbocycles. The number of hydrogen-bond acceptors (Lipinski definition) is 2. The van der Waals surface area contributed by atoms with Gasteiger partial charge in [-0.25, -0.2) is 4.98 Å². The number of imidazole rings is 1. The van der Waals surface area contributed by atoms with Gasteiger partial charge in [0.15, 0.2) is 0 Å². The highest BCUT2D eigenvalue weighted by Gasteiger charge is 2.38. The van der Waals surface area contributed by atoms with E-state index < -0.39 is 0 Å². The van der Waals surface area contributed by atoms with E-state index in [4.69, 9.17) is 0 Å². The third-order valence-corrected chi connectivity index (χ3v) is 4.56. The molecule has 1 aromatic rings. The zero-order valence-corrected chi connectivity index (χ0v) is 11.3. The van der Waals surface area contributed by atoms with Crippen LogP contribution in [0.1, 0.15) is 26.7 Å². The number of rotatable bonds is 5. The van der Waals surface area contributed by atoms with Crippen molar-refractivity contribution in [3.63, 3.8) is 0 Å². The fraction of sp³-hybridized carbons (Fsp3) is 0.667. The molecule has 5 atom stereocenters. The van der Waals surface area contributed by atoms with E-state index in [2.05, 4.69) is 40.9 Å². The van der Waals surface area contributed by atoms with Gasteiger partial charge >= 0.3 is 0 Å². The lowest BCUT2D eigenvalue weighted by molar-refractivity contribution is 0.295. The van der Waals surface area contributed by atoms with Gasteiger partial charge in [-0.3, -0.25) is 0 Å². The molecule has 0 radical (unpaired) electrons. The molecule has 2 aliphatic rings. The van der Waals surface area contributed by atoms with Crippen molar-refractivity contribution < 1.29 is 0 Å². The Morgan fingerprint density at radius 1 is 1.33 bits per heavy atom. The molecule has 0 aliphatic heterocycles. The molecule has 1 heterocycles. The van der Waals surface area contributed by atoms with E-state index in [1.807, 2.05) is 18.7 Å². The molecular weight excluding hydrogens is 222 g/mol. The summed E-state index contributed by atoms with van der Waals surface area (Å²) in [7, 11) is 0. The Labute approximate surface area is 109 Å². The topological polar surface area (TPSA) is 29.9 Å². The summed E-state index contributed by atoms with van der Waals surface area (Å²) in [6.45, 7) is 5.62. The van der Waals surface area contributed by atoms with Crippen molar-refractivity contribution in [1.82, 2.24) is 14.9 Å².